The summed E-state index contributed by atoms with van der Waals surface area (Å²) < 4.78 is 4.68. The third-order valence-corrected chi connectivity index (χ3v) is 2.18. The average molecular weight is 208 g/mol. The Bertz CT molecular complexity index is 381. The van der Waals surface area contributed by atoms with Crippen LogP contribution in [0.4, 0.5) is 5.69 Å². The standard InChI is InChI=1S/C11H16N2O2/c1-11(2,13)7-5-4-6-8(12)9(7)10(14)15-3/h4-6H,12-13H2,1-3H3. The van der Waals surface area contributed by atoms with E-state index in [0.29, 0.717) is 16.8 Å². The summed E-state index contributed by atoms with van der Waals surface area (Å²) in [6, 6.07) is 5.20. The van der Waals surface area contributed by atoms with Crippen LogP contribution < -0.4 is 11.5 Å². The molecule has 4 heteroatoms. The largest absolute Gasteiger partial charge is 0.465 e. The Morgan fingerprint density at radius 2 is 2.00 bits per heavy atom. The second-order valence-corrected chi connectivity index (χ2v) is 3.98. The minimum Gasteiger partial charge on any atom is -0.465 e. The van der Waals surface area contributed by atoms with Crippen molar-refractivity contribution in [1.82, 2.24) is 0 Å². The van der Waals surface area contributed by atoms with Gasteiger partial charge in [0.2, 0.25) is 0 Å². The van der Waals surface area contributed by atoms with Gasteiger partial charge in [0.1, 0.15) is 0 Å². The topological polar surface area (TPSA) is 78.3 Å². The molecule has 0 bridgehead atoms. The molecule has 82 valence electrons. The number of rotatable bonds is 2. The Morgan fingerprint density at radius 1 is 1.40 bits per heavy atom. The van der Waals surface area contributed by atoms with Gasteiger partial charge in [0.05, 0.1) is 12.7 Å². The highest BCUT2D eigenvalue weighted by atomic mass is 16.5. The first kappa shape index (κ1) is 11.5. The molecule has 0 aliphatic carbocycles. The number of esters is 1. The van der Waals surface area contributed by atoms with Crippen LogP contribution in [0, 0.1) is 0 Å². The molecule has 0 unspecified atom stereocenters. The van der Waals surface area contributed by atoms with Crippen LogP contribution in [0.3, 0.4) is 0 Å². The molecule has 4 nitrogen and oxygen atoms in total. The molecule has 0 saturated carbocycles. The van der Waals surface area contributed by atoms with E-state index in [2.05, 4.69) is 4.74 Å². The van der Waals surface area contributed by atoms with Crippen LogP contribution in [0.2, 0.25) is 0 Å². The quantitative estimate of drug-likeness (QED) is 0.566. The molecule has 1 aromatic carbocycles. The summed E-state index contributed by atoms with van der Waals surface area (Å²) >= 11 is 0. The van der Waals surface area contributed by atoms with Gasteiger partial charge in [0.25, 0.3) is 0 Å². The normalized spacial score (nSPS) is 11.2. The first-order chi connectivity index (χ1) is 6.88. The van der Waals surface area contributed by atoms with Crippen LogP contribution in [0.25, 0.3) is 0 Å². The van der Waals surface area contributed by atoms with Gasteiger partial charge in [-0.3, -0.25) is 0 Å². The summed E-state index contributed by atoms with van der Waals surface area (Å²) in [5.41, 5.74) is 12.5. The predicted molar refractivity (Wildman–Crippen MR) is 59.4 cm³/mol. The van der Waals surface area contributed by atoms with E-state index in [9.17, 15) is 4.79 Å². The van der Waals surface area contributed by atoms with Crippen LogP contribution in [0.15, 0.2) is 18.2 Å². The minimum atomic E-state index is -0.626. The van der Waals surface area contributed by atoms with E-state index >= 15 is 0 Å². The van der Waals surface area contributed by atoms with Crippen LogP contribution in [0.1, 0.15) is 29.8 Å². The van der Waals surface area contributed by atoms with Gasteiger partial charge in [0, 0.05) is 11.2 Å². The van der Waals surface area contributed by atoms with Crippen LogP contribution in [-0.2, 0) is 10.3 Å². The van der Waals surface area contributed by atoms with Gasteiger partial charge >= 0.3 is 5.97 Å². The maximum absolute atomic E-state index is 11.5. The zero-order valence-electron chi connectivity index (χ0n) is 9.20. The molecule has 0 aliphatic heterocycles. The van der Waals surface area contributed by atoms with E-state index in [4.69, 9.17) is 11.5 Å². The lowest BCUT2D eigenvalue weighted by molar-refractivity contribution is 0.0599. The maximum atomic E-state index is 11.5. The summed E-state index contributed by atoms with van der Waals surface area (Å²) in [6.07, 6.45) is 0. The fraction of sp³-hybridized carbons (Fsp3) is 0.364. The molecule has 0 radical (unpaired) electrons. The van der Waals surface area contributed by atoms with Crippen molar-refractivity contribution in [2.45, 2.75) is 19.4 Å². The number of carbonyl (C=O) groups excluding carboxylic acids is 1. The number of hydrogen-bond acceptors (Lipinski definition) is 4. The Labute approximate surface area is 89.2 Å². The molecule has 0 aliphatic rings. The second-order valence-electron chi connectivity index (χ2n) is 3.98. The fourth-order valence-electron chi connectivity index (χ4n) is 1.44. The molecule has 15 heavy (non-hydrogen) atoms. The summed E-state index contributed by atoms with van der Waals surface area (Å²) in [5.74, 6) is -0.457. The van der Waals surface area contributed by atoms with E-state index in [1.54, 1.807) is 18.2 Å². The highest BCUT2D eigenvalue weighted by molar-refractivity contribution is 5.97. The molecule has 1 aromatic rings. The molecule has 0 heterocycles. The molecule has 0 fully saturated rings. The summed E-state index contributed by atoms with van der Waals surface area (Å²) in [4.78, 5) is 11.5. The number of methoxy groups -OCH3 is 1. The van der Waals surface area contributed by atoms with Crippen molar-refractivity contribution in [2.75, 3.05) is 12.8 Å². The number of ether oxygens (including phenoxy) is 1. The van der Waals surface area contributed by atoms with E-state index in [-0.39, 0.29) is 0 Å². The molecule has 1 rings (SSSR count). The Balaban J connectivity index is 3.40. The average Bonchev–Trinajstić information content (AvgIpc) is 2.15. The van der Waals surface area contributed by atoms with Gasteiger partial charge < -0.3 is 16.2 Å². The fourth-order valence-corrected chi connectivity index (χ4v) is 1.44. The van der Waals surface area contributed by atoms with Crippen molar-refractivity contribution in [3.05, 3.63) is 29.3 Å². The van der Waals surface area contributed by atoms with Crippen molar-refractivity contribution in [1.29, 1.82) is 0 Å². The van der Waals surface area contributed by atoms with Crippen molar-refractivity contribution >= 4 is 11.7 Å². The van der Waals surface area contributed by atoms with Gasteiger partial charge in [0.15, 0.2) is 0 Å². The lowest BCUT2D eigenvalue weighted by Crippen LogP contribution is -2.31. The molecular formula is C11H16N2O2. The molecule has 0 atom stereocenters. The lowest BCUT2D eigenvalue weighted by Gasteiger charge is -2.22. The van der Waals surface area contributed by atoms with E-state index in [1.165, 1.54) is 7.11 Å². The van der Waals surface area contributed by atoms with Crippen molar-refractivity contribution in [3.63, 3.8) is 0 Å². The summed E-state index contributed by atoms with van der Waals surface area (Å²) in [6.45, 7) is 3.63. The van der Waals surface area contributed by atoms with E-state index in [1.807, 2.05) is 13.8 Å². The van der Waals surface area contributed by atoms with Crippen molar-refractivity contribution in [3.8, 4) is 0 Å². The smallest absolute Gasteiger partial charge is 0.340 e. The zero-order chi connectivity index (χ0) is 11.6. The van der Waals surface area contributed by atoms with Crippen LogP contribution in [-0.4, -0.2) is 13.1 Å². The Morgan fingerprint density at radius 3 is 2.47 bits per heavy atom. The van der Waals surface area contributed by atoms with Crippen LogP contribution in [0.5, 0.6) is 0 Å². The monoisotopic (exact) mass is 208 g/mol. The molecular weight excluding hydrogens is 192 g/mol. The Hall–Kier alpha value is -1.55. The van der Waals surface area contributed by atoms with Gasteiger partial charge in [-0.15, -0.1) is 0 Å². The minimum absolute atomic E-state index is 0.354. The van der Waals surface area contributed by atoms with Crippen molar-refractivity contribution < 1.29 is 9.53 Å². The van der Waals surface area contributed by atoms with Gasteiger partial charge in [-0.25, -0.2) is 4.79 Å². The zero-order valence-corrected chi connectivity index (χ0v) is 9.20. The molecule has 0 amide bonds. The summed E-state index contributed by atoms with van der Waals surface area (Å²) in [5, 5.41) is 0. The third-order valence-electron chi connectivity index (χ3n) is 2.18. The lowest BCUT2D eigenvalue weighted by atomic mass is 9.90. The predicted octanol–water partition coefficient (Wildman–Crippen LogP) is 1.25. The van der Waals surface area contributed by atoms with E-state index < -0.39 is 11.5 Å². The number of anilines is 1. The van der Waals surface area contributed by atoms with Gasteiger partial charge in [-0.1, -0.05) is 12.1 Å². The second kappa shape index (κ2) is 3.90. The number of hydrogen-bond donors (Lipinski definition) is 2. The number of carbonyl (C=O) groups is 1. The molecule has 0 aromatic heterocycles. The van der Waals surface area contributed by atoms with Gasteiger partial charge in [-0.2, -0.15) is 0 Å². The molecule has 0 spiro atoms. The highest BCUT2D eigenvalue weighted by Gasteiger charge is 2.24. The molecule has 0 saturated heterocycles. The SMILES string of the molecule is COC(=O)c1c(N)cccc1C(C)(C)N. The van der Waals surface area contributed by atoms with Crippen molar-refractivity contribution in [2.24, 2.45) is 5.73 Å². The highest BCUT2D eigenvalue weighted by Crippen LogP contribution is 2.26. The van der Waals surface area contributed by atoms with Gasteiger partial charge in [-0.05, 0) is 25.5 Å². The number of nitrogens with two attached hydrogens (primary N) is 2. The van der Waals surface area contributed by atoms with Crippen LogP contribution >= 0.6 is 0 Å². The first-order valence-corrected chi connectivity index (χ1v) is 4.64. The summed E-state index contributed by atoms with van der Waals surface area (Å²) in [7, 11) is 1.32. The number of benzene rings is 1. The van der Waals surface area contributed by atoms with E-state index in [0.717, 1.165) is 0 Å². The Kier molecular flexibility index (Phi) is 3.00. The maximum Gasteiger partial charge on any atom is 0.340 e. The third kappa shape index (κ3) is 2.27. The first-order valence-electron chi connectivity index (χ1n) is 4.64. The molecule has 4 N–H and O–H groups in total. The number of nitrogen functional groups attached to an aromatic ring is 1.